The summed E-state index contributed by atoms with van der Waals surface area (Å²) in [6.07, 6.45) is 0. The van der Waals surface area contributed by atoms with E-state index in [4.69, 9.17) is 10.5 Å². The summed E-state index contributed by atoms with van der Waals surface area (Å²) in [6, 6.07) is 9.94. The molecule has 16 heavy (non-hydrogen) atoms. The van der Waals surface area contributed by atoms with E-state index in [1.807, 2.05) is 37.3 Å². The van der Waals surface area contributed by atoms with Gasteiger partial charge in [-0.15, -0.1) is 5.10 Å². The number of hydrogen-bond donors (Lipinski definition) is 2. The molecule has 1 aromatic rings. The van der Waals surface area contributed by atoms with Gasteiger partial charge in [-0.1, -0.05) is 30.3 Å². The molecule has 0 aromatic heterocycles. The van der Waals surface area contributed by atoms with Crippen molar-refractivity contribution in [2.75, 3.05) is 7.11 Å². The molecule has 4 nitrogen and oxygen atoms in total. The van der Waals surface area contributed by atoms with Gasteiger partial charge >= 0.3 is 0 Å². The van der Waals surface area contributed by atoms with Crippen molar-refractivity contribution >= 4 is 23.2 Å². The van der Waals surface area contributed by atoms with E-state index in [-0.39, 0.29) is 11.0 Å². The lowest BCUT2D eigenvalue weighted by Gasteiger charge is -2.13. The minimum atomic E-state index is 0.0491. The summed E-state index contributed by atoms with van der Waals surface area (Å²) < 4.78 is 5.19. The van der Waals surface area contributed by atoms with Crippen LogP contribution in [0.4, 0.5) is 0 Å². The Labute approximate surface area is 100 Å². The minimum absolute atomic E-state index is 0.0491. The van der Waals surface area contributed by atoms with Gasteiger partial charge in [-0.25, -0.2) is 0 Å². The third-order valence-corrected chi connectivity index (χ3v) is 2.25. The summed E-state index contributed by atoms with van der Waals surface area (Å²) in [5, 5.41) is 4.12. The molecule has 0 amide bonds. The van der Waals surface area contributed by atoms with E-state index in [2.05, 4.69) is 22.7 Å². The summed E-state index contributed by atoms with van der Waals surface area (Å²) in [5.74, 6) is 0.590. The van der Waals surface area contributed by atoms with Crippen LogP contribution < -0.4 is 11.2 Å². The van der Waals surface area contributed by atoms with Gasteiger partial charge < -0.3 is 10.5 Å². The van der Waals surface area contributed by atoms with Crippen molar-refractivity contribution in [1.29, 1.82) is 0 Å². The molecule has 1 atom stereocenters. The van der Waals surface area contributed by atoms with Crippen molar-refractivity contribution in [2.24, 2.45) is 10.8 Å². The molecule has 1 unspecified atom stereocenters. The maximum Gasteiger partial charge on any atom is 0.213 e. The second kappa shape index (κ2) is 6.07. The van der Waals surface area contributed by atoms with Crippen LogP contribution in [0.5, 0.6) is 0 Å². The second-order valence-electron chi connectivity index (χ2n) is 3.26. The first-order valence-corrected chi connectivity index (χ1v) is 5.28. The number of hydrazone groups is 1. The lowest BCUT2D eigenvalue weighted by atomic mass is 10.0. The van der Waals surface area contributed by atoms with Gasteiger partial charge in [0.15, 0.2) is 5.11 Å². The highest BCUT2D eigenvalue weighted by molar-refractivity contribution is 7.80. The van der Waals surface area contributed by atoms with Crippen LogP contribution in [-0.4, -0.2) is 18.1 Å². The number of nitrogens with zero attached hydrogens (tertiary/aromatic N) is 1. The normalized spacial score (nSPS) is 13.0. The number of rotatable bonds is 3. The van der Waals surface area contributed by atoms with E-state index < -0.39 is 0 Å². The van der Waals surface area contributed by atoms with Crippen molar-refractivity contribution < 1.29 is 4.74 Å². The Morgan fingerprint density at radius 1 is 1.44 bits per heavy atom. The van der Waals surface area contributed by atoms with E-state index in [1.165, 1.54) is 0 Å². The molecular weight excluding hydrogens is 222 g/mol. The molecule has 0 heterocycles. The number of benzene rings is 1. The number of nitrogens with one attached hydrogen (secondary N) is 1. The lowest BCUT2D eigenvalue weighted by Crippen LogP contribution is -2.27. The SMILES string of the molecule is COC(=NNC(N)=S)C(C)c1ccccc1. The molecule has 0 aliphatic carbocycles. The van der Waals surface area contributed by atoms with Gasteiger partial charge in [0.25, 0.3) is 0 Å². The van der Waals surface area contributed by atoms with E-state index in [1.54, 1.807) is 7.11 Å². The number of nitrogens with two attached hydrogens (primary N) is 1. The Morgan fingerprint density at radius 2 is 2.06 bits per heavy atom. The highest BCUT2D eigenvalue weighted by Gasteiger charge is 2.13. The molecule has 0 bridgehead atoms. The number of ether oxygens (including phenoxy) is 1. The lowest BCUT2D eigenvalue weighted by molar-refractivity contribution is 0.381. The highest BCUT2D eigenvalue weighted by atomic mass is 32.1. The zero-order valence-corrected chi connectivity index (χ0v) is 10.1. The monoisotopic (exact) mass is 237 g/mol. The molecular formula is C11H15N3OS. The van der Waals surface area contributed by atoms with E-state index in [9.17, 15) is 0 Å². The van der Waals surface area contributed by atoms with Gasteiger partial charge in [-0.3, -0.25) is 5.43 Å². The van der Waals surface area contributed by atoms with Gasteiger partial charge in [0.2, 0.25) is 5.90 Å². The number of hydrogen-bond acceptors (Lipinski definition) is 3. The topological polar surface area (TPSA) is 59.6 Å². The standard InChI is InChI=1S/C11H15N3OS/c1-8(9-6-4-3-5-7-9)10(15-2)13-14-11(12)16/h3-8H,1-2H3,(H3,12,14,16). The molecule has 1 aromatic carbocycles. The fraction of sp³-hybridized carbons (Fsp3) is 0.273. The molecule has 3 N–H and O–H groups in total. The summed E-state index contributed by atoms with van der Waals surface area (Å²) >= 11 is 4.67. The van der Waals surface area contributed by atoms with Gasteiger partial charge in [-0.05, 0) is 24.7 Å². The molecule has 0 aliphatic rings. The molecule has 0 saturated carbocycles. The predicted molar refractivity (Wildman–Crippen MR) is 69.2 cm³/mol. The average Bonchev–Trinajstić information content (AvgIpc) is 2.30. The van der Waals surface area contributed by atoms with E-state index >= 15 is 0 Å². The molecule has 0 aliphatic heterocycles. The third kappa shape index (κ3) is 3.51. The number of thiocarbonyl (C=S) groups is 1. The molecule has 0 saturated heterocycles. The van der Waals surface area contributed by atoms with Crippen LogP contribution in [0.3, 0.4) is 0 Å². The molecule has 86 valence electrons. The van der Waals surface area contributed by atoms with Crippen LogP contribution in [0.1, 0.15) is 18.4 Å². The van der Waals surface area contributed by atoms with Crippen LogP contribution in [0.15, 0.2) is 35.4 Å². The van der Waals surface area contributed by atoms with Crippen LogP contribution in [0, 0.1) is 0 Å². The van der Waals surface area contributed by atoms with Crippen molar-refractivity contribution in [3.63, 3.8) is 0 Å². The van der Waals surface area contributed by atoms with Crippen LogP contribution >= 0.6 is 12.2 Å². The summed E-state index contributed by atoms with van der Waals surface area (Å²) in [5.41, 5.74) is 8.93. The second-order valence-corrected chi connectivity index (χ2v) is 3.70. The first-order chi connectivity index (χ1) is 7.65. The van der Waals surface area contributed by atoms with Crippen molar-refractivity contribution in [2.45, 2.75) is 12.8 Å². The number of methoxy groups -OCH3 is 1. The average molecular weight is 237 g/mol. The Balaban J connectivity index is 2.81. The first kappa shape index (κ1) is 12.4. The fourth-order valence-corrected chi connectivity index (χ4v) is 1.36. The van der Waals surface area contributed by atoms with Gasteiger partial charge in [0.1, 0.15) is 0 Å². The predicted octanol–water partition coefficient (Wildman–Crippen LogP) is 1.58. The van der Waals surface area contributed by atoms with E-state index in [0.29, 0.717) is 5.90 Å². The fourth-order valence-electron chi connectivity index (χ4n) is 1.31. The molecule has 5 heteroatoms. The first-order valence-electron chi connectivity index (χ1n) is 4.87. The summed E-state index contributed by atoms with van der Waals surface area (Å²) in [6.45, 7) is 2.00. The van der Waals surface area contributed by atoms with Crippen molar-refractivity contribution in [3.8, 4) is 0 Å². The minimum Gasteiger partial charge on any atom is -0.483 e. The Bertz CT molecular complexity index is 378. The molecule has 0 fully saturated rings. The third-order valence-electron chi connectivity index (χ3n) is 2.16. The Morgan fingerprint density at radius 3 is 2.56 bits per heavy atom. The highest BCUT2D eigenvalue weighted by Crippen LogP contribution is 2.16. The Hall–Kier alpha value is -1.62. The van der Waals surface area contributed by atoms with Crippen molar-refractivity contribution in [1.82, 2.24) is 5.43 Å². The largest absolute Gasteiger partial charge is 0.483 e. The zero-order valence-electron chi connectivity index (χ0n) is 9.31. The van der Waals surface area contributed by atoms with E-state index in [0.717, 1.165) is 5.56 Å². The zero-order chi connectivity index (χ0) is 12.0. The van der Waals surface area contributed by atoms with Gasteiger partial charge in [0.05, 0.1) is 13.0 Å². The molecule has 0 spiro atoms. The van der Waals surface area contributed by atoms with Crippen LogP contribution in [-0.2, 0) is 4.74 Å². The van der Waals surface area contributed by atoms with Gasteiger partial charge in [0, 0.05) is 0 Å². The summed E-state index contributed by atoms with van der Waals surface area (Å²) in [7, 11) is 1.57. The van der Waals surface area contributed by atoms with Crippen LogP contribution in [0.2, 0.25) is 0 Å². The maximum atomic E-state index is 5.29. The maximum absolute atomic E-state index is 5.29. The smallest absolute Gasteiger partial charge is 0.213 e. The van der Waals surface area contributed by atoms with Gasteiger partial charge in [-0.2, -0.15) is 0 Å². The summed E-state index contributed by atoms with van der Waals surface area (Å²) in [4.78, 5) is 0. The van der Waals surface area contributed by atoms with Crippen LogP contribution in [0.25, 0.3) is 0 Å². The molecule has 0 radical (unpaired) electrons. The van der Waals surface area contributed by atoms with Crippen molar-refractivity contribution in [3.05, 3.63) is 35.9 Å². The molecule has 1 rings (SSSR count). The Kier molecular flexibility index (Phi) is 4.72. The quantitative estimate of drug-likeness (QED) is 0.363.